The van der Waals surface area contributed by atoms with Crippen LogP contribution in [-0.4, -0.2) is 74.4 Å². The van der Waals surface area contributed by atoms with Gasteiger partial charge in [-0.1, -0.05) is 25.4 Å². The van der Waals surface area contributed by atoms with Crippen LogP contribution >= 0.6 is 11.6 Å². The van der Waals surface area contributed by atoms with Crippen molar-refractivity contribution in [3.8, 4) is 57.3 Å². The van der Waals surface area contributed by atoms with E-state index in [0.717, 1.165) is 0 Å². The Morgan fingerprint density at radius 2 is 1.91 bits per heavy atom. The van der Waals surface area contributed by atoms with Gasteiger partial charge in [0.2, 0.25) is 11.6 Å². The molecule has 4 aromatic heterocycles. The number of nitrogens with two attached hydrogens (primary N) is 1. The van der Waals surface area contributed by atoms with E-state index in [-0.39, 0.29) is 64.4 Å². The maximum Gasteiger partial charge on any atom is 0.262 e. The number of aromatic amines is 1. The Morgan fingerprint density at radius 1 is 1.09 bits per heavy atom. The van der Waals surface area contributed by atoms with Gasteiger partial charge in [-0.3, -0.25) is 4.98 Å². The maximum absolute atomic E-state index is 12.8. The number of aromatic nitrogens is 8. The van der Waals surface area contributed by atoms with Crippen LogP contribution in [0.5, 0.6) is 23.1 Å². The number of rotatable bonds is 11. The highest BCUT2D eigenvalue weighted by molar-refractivity contribution is 7.89. The van der Waals surface area contributed by atoms with Gasteiger partial charge >= 0.3 is 0 Å². The highest BCUT2D eigenvalue weighted by atomic mass is 35.5. The molecule has 0 aliphatic rings. The largest absolute Gasteiger partial charge is 0.497 e. The molecule has 0 bridgehead atoms. The standard InChI is InChI=1S/C27H26ClN9O6S/c1-14(2)16-10-18(27(31-13-16)44(29,39)40)22-23(43-21-12-17(41-3)4-5-19(21)28)26(42-9-8-38)33-24(32-22)15-6-7-30-20(11-15)25-34-36-37-35-25/h4-7,10-14,38H,8-9H2,1-3H3,(H2,29,39,40)(H,34,35,36,37). The first-order valence-electron chi connectivity index (χ1n) is 13.0. The number of tetrazole rings is 1. The van der Waals surface area contributed by atoms with Gasteiger partial charge in [-0.2, -0.15) is 10.2 Å². The Morgan fingerprint density at radius 3 is 2.59 bits per heavy atom. The van der Waals surface area contributed by atoms with Gasteiger partial charge in [0.25, 0.3) is 15.9 Å². The molecule has 17 heteroatoms. The molecule has 5 aromatic rings. The lowest BCUT2D eigenvalue weighted by Gasteiger charge is -2.19. The van der Waals surface area contributed by atoms with Crippen LogP contribution in [-0.2, 0) is 10.0 Å². The van der Waals surface area contributed by atoms with Gasteiger partial charge in [0.1, 0.15) is 29.5 Å². The summed E-state index contributed by atoms with van der Waals surface area (Å²) in [6.07, 6.45) is 2.92. The van der Waals surface area contributed by atoms with Crippen molar-refractivity contribution >= 4 is 21.6 Å². The van der Waals surface area contributed by atoms with Crippen molar-refractivity contribution in [2.24, 2.45) is 5.14 Å². The number of aliphatic hydroxyl groups excluding tert-OH is 1. The number of H-pyrrole nitrogens is 1. The van der Waals surface area contributed by atoms with Crippen molar-refractivity contribution < 1.29 is 27.7 Å². The van der Waals surface area contributed by atoms with E-state index in [1.807, 2.05) is 13.8 Å². The van der Waals surface area contributed by atoms with Crippen LogP contribution in [0.2, 0.25) is 5.02 Å². The average Bonchev–Trinajstić information content (AvgIpc) is 3.56. The van der Waals surface area contributed by atoms with Gasteiger partial charge in [-0.05, 0) is 47.0 Å². The zero-order valence-corrected chi connectivity index (χ0v) is 25.2. The summed E-state index contributed by atoms with van der Waals surface area (Å²) in [7, 11) is -2.89. The van der Waals surface area contributed by atoms with Crippen molar-refractivity contribution in [1.82, 2.24) is 40.6 Å². The minimum absolute atomic E-state index is 0.0256. The number of ether oxygens (including phenoxy) is 3. The zero-order chi connectivity index (χ0) is 31.4. The summed E-state index contributed by atoms with van der Waals surface area (Å²) in [6, 6.07) is 9.57. The van der Waals surface area contributed by atoms with E-state index < -0.39 is 15.0 Å². The van der Waals surface area contributed by atoms with E-state index in [2.05, 4.69) is 35.6 Å². The highest BCUT2D eigenvalue weighted by Gasteiger charge is 2.28. The van der Waals surface area contributed by atoms with Crippen LogP contribution in [0.15, 0.2) is 53.8 Å². The molecule has 0 spiro atoms. The Hall–Kier alpha value is -4.77. The Kier molecular flexibility index (Phi) is 8.96. The summed E-state index contributed by atoms with van der Waals surface area (Å²) in [5.41, 5.74) is 1.48. The second-order valence-corrected chi connectivity index (χ2v) is 11.4. The van der Waals surface area contributed by atoms with E-state index >= 15 is 0 Å². The fourth-order valence-corrected chi connectivity index (χ4v) is 4.83. The monoisotopic (exact) mass is 639 g/mol. The number of pyridine rings is 2. The second kappa shape index (κ2) is 12.8. The number of hydrogen-bond acceptors (Lipinski definition) is 13. The number of hydrogen-bond donors (Lipinski definition) is 3. The average molecular weight is 640 g/mol. The molecular weight excluding hydrogens is 614 g/mol. The van der Waals surface area contributed by atoms with E-state index in [1.54, 1.807) is 30.3 Å². The van der Waals surface area contributed by atoms with E-state index in [0.29, 0.717) is 22.6 Å². The molecule has 0 radical (unpaired) electrons. The van der Waals surface area contributed by atoms with E-state index in [9.17, 15) is 13.5 Å². The Bertz CT molecular complexity index is 1910. The van der Waals surface area contributed by atoms with Crippen LogP contribution in [0.1, 0.15) is 25.3 Å². The predicted octanol–water partition coefficient (Wildman–Crippen LogP) is 3.38. The maximum atomic E-state index is 12.8. The van der Waals surface area contributed by atoms with Crippen LogP contribution in [0, 0.1) is 0 Å². The molecule has 228 valence electrons. The minimum atomic E-state index is -4.37. The number of sulfonamides is 1. The summed E-state index contributed by atoms with van der Waals surface area (Å²) >= 11 is 6.47. The van der Waals surface area contributed by atoms with Gasteiger partial charge in [0, 0.05) is 29.6 Å². The van der Waals surface area contributed by atoms with Gasteiger partial charge in [-0.25, -0.2) is 23.5 Å². The molecule has 0 atom stereocenters. The number of nitrogens with one attached hydrogen (secondary N) is 1. The van der Waals surface area contributed by atoms with Crippen LogP contribution in [0.4, 0.5) is 0 Å². The van der Waals surface area contributed by atoms with Crippen molar-refractivity contribution in [1.29, 1.82) is 0 Å². The molecule has 0 aliphatic carbocycles. The predicted molar refractivity (Wildman–Crippen MR) is 158 cm³/mol. The Balaban J connectivity index is 1.83. The van der Waals surface area contributed by atoms with Gasteiger partial charge in [-0.15, -0.1) is 10.2 Å². The number of halogens is 1. The fraction of sp³-hybridized carbons (Fsp3) is 0.222. The Labute approximate surface area is 256 Å². The molecule has 5 rings (SSSR count). The van der Waals surface area contributed by atoms with Gasteiger partial charge in [0.15, 0.2) is 10.9 Å². The van der Waals surface area contributed by atoms with E-state index in [4.69, 9.17) is 35.9 Å². The zero-order valence-electron chi connectivity index (χ0n) is 23.6. The smallest absolute Gasteiger partial charge is 0.262 e. The minimum Gasteiger partial charge on any atom is -0.497 e. The molecule has 0 amide bonds. The molecule has 0 saturated heterocycles. The lowest BCUT2D eigenvalue weighted by molar-refractivity contribution is 0.192. The molecule has 0 unspecified atom stereocenters. The molecular formula is C27H26ClN9O6S. The van der Waals surface area contributed by atoms with Gasteiger partial charge in [0.05, 0.1) is 18.7 Å². The summed E-state index contributed by atoms with van der Waals surface area (Å²) in [4.78, 5) is 17.8. The highest BCUT2D eigenvalue weighted by Crippen LogP contribution is 2.44. The SMILES string of the molecule is COc1ccc(Cl)c(Oc2c(OCCO)nc(-c3ccnc(-c4nn[nH]n4)c3)nc2-c2cc(C(C)C)cnc2S(N)(=O)=O)c1. The van der Waals surface area contributed by atoms with Crippen molar-refractivity contribution in [2.75, 3.05) is 20.3 Å². The first-order valence-corrected chi connectivity index (χ1v) is 14.9. The molecule has 0 fully saturated rings. The number of aliphatic hydroxyl groups is 1. The molecule has 4 heterocycles. The van der Waals surface area contributed by atoms with E-state index in [1.165, 1.54) is 25.6 Å². The molecule has 1 aromatic carbocycles. The summed E-state index contributed by atoms with van der Waals surface area (Å²) < 4.78 is 43.0. The van der Waals surface area contributed by atoms with Crippen LogP contribution < -0.4 is 19.3 Å². The van der Waals surface area contributed by atoms with Crippen molar-refractivity contribution in [3.63, 3.8) is 0 Å². The quantitative estimate of drug-likeness (QED) is 0.189. The number of benzene rings is 1. The normalized spacial score (nSPS) is 11.5. The topological polar surface area (TPSA) is 214 Å². The first kappa shape index (κ1) is 30.7. The molecule has 4 N–H and O–H groups in total. The first-order chi connectivity index (χ1) is 21.1. The third-order valence-electron chi connectivity index (χ3n) is 6.17. The third-order valence-corrected chi connectivity index (χ3v) is 7.35. The summed E-state index contributed by atoms with van der Waals surface area (Å²) in [5, 5.41) is 28.8. The van der Waals surface area contributed by atoms with Crippen molar-refractivity contribution in [2.45, 2.75) is 24.8 Å². The van der Waals surface area contributed by atoms with Crippen LogP contribution in [0.25, 0.3) is 34.2 Å². The third kappa shape index (κ3) is 6.57. The fourth-order valence-electron chi connectivity index (χ4n) is 4.02. The molecule has 0 saturated carbocycles. The number of primary sulfonamides is 1. The molecule has 0 aliphatic heterocycles. The summed E-state index contributed by atoms with van der Waals surface area (Å²) in [5.74, 6) is 0.577. The molecule has 44 heavy (non-hydrogen) atoms. The van der Waals surface area contributed by atoms with Gasteiger partial charge < -0.3 is 19.3 Å². The van der Waals surface area contributed by atoms with Crippen molar-refractivity contribution in [3.05, 3.63) is 59.4 Å². The lowest BCUT2D eigenvalue weighted by Crippen LogP contribution is -2.16. The summed E-state index contributed by atoms with van der Waals surface area (Å²) in [6.45, 7) is 3.29. The second-order valence-electron chi connectivity index (χ2n) is 9.49. The van der Waals surface area contributed by atoms with Crippen LogP contribution in [0.3, 0.4) is 0 Å². The lowest BCUT2D eigenvalue weighted by atomic mass is 10.0. The molecule has 15 nitrogen and oxygen atoms in total. The number of nitrogens with zero attached hydrogens (tertiary/aromatic N) is 7. The number of methoxy groups -OCH3 is 1.